The number of hydrogen-bond acceptors (Lipinski definition) is 6. The molecule has 204 valence electrons. The van der Waals surface area contributed by atoms with Crippen molar-refractivity contribution >= 4 is 23.5 Å². The number of carboxylic acid groups (broad SMARTS) is 2. The van der Waals surface area contributed by atoms with Crippen LogP contribution >= 0.6 is 0 Å². The molecule has 0 radical (unpaired) electrons. The highest BCUT2D eigenvalue weighted by Crippen LogP contribution is 2.35. The summed E-state index contributed by atoms with van der Waals surface area (Å²) in [5.74, 6) is -1.40. The predicted octanol–water partition coefficient (Wildman–Crippen LogP) is 4.33. The number of Topliss-reactive ketones (excluding diaryl/α,β-unsaturated/α-hetero) is 2. The highest BCUT2D eigenvalue weighted by Gasteiger charge is 2.34. The monoisotopic (exact) mass is 508 g/mol. The third-order valence-electron chi connectivity index (χ3n) is 7.04. The lowest BCUT2D eigenvalue weighted by atomic mass is 9.76. The van der Waals surface area contributed by atoms with Gasteiger partial charge in [0.25, 0.3) is 0 Å². The fourth-order valence-corrected chi connectivity index (χ4v) is 4.88. The van der Waals surface area contributed by atoms with Crippen molar-refractivity contribution in [3.8, 4) is 0 Å². The lowest BCUT2D eigenvalue weighted by Gasteiger charge is -2.31. The standard InChI is InChI=1S/2C14H22O4/c2*1-9(2)10(4-5-13(16)17)11-8-14(3,18)7-6-12(11)15/h2*8-10,18H,4-7H2,1-3H3,(H,16,17)/t2*10-,14?/m10/s1. The van der Waals surface area contributed by atoms with Gasteiger partial charge in [-0.05, 0) is 86.5 Å². The van der Waals surface area contributed by atoms with Crippen LogP contribution in [0.4, 0.5) is 0 Å². The third-order valence-corrected chi connectivity index (χ3v) is 7.04. The molecule has 8 heteroatoms. The molecule has 0 heterocycles. The Kier molecular flexibility index (Phi) is 11.7. The first-order valence-corrected chi connectivity index (χ1v) is 12.9. The summed E-state index contributed by atoms with van der Waals surface area (Å²) in [5.41, 5.74) is -0.663. The van der Waals surface area contributed by atoms with Gasteiger partial charge in [-0.3, -0.25) is 19.2 Å². The Balaban J connectivity index is 0.000000360. The van der Waals surface area contributed by atoms with Crippen LogP contribution in [0.1, 0.15) is 92.9 Å². The third kappa shape index (κ3) is 10.3. The van der Waals surface area contributed by atoms with Crippen molar-refractivity contribution < 1.29 is 39.6 Å². The van der Waals surface area contributed by atoms with Gasteiger partial charge in [0.1, 0.15) is 0 Å². The lowest BCUT2D eigenvalue weighted by Crippen LogP contribution is -2.32. The summed E-state index contributed by atoms with van der Waals surface area (Å²) >= 11 is 0. The SMILES string of the molecule is CC(C)[C@@H](CCC(=O)O)C1=CC(C)(O)CCC1=O.CC(C)[C@H](CCC(=O)O)C1=CC(C)(O)CCC1=O. The van der Waals surface area contributed by atoms with Crippen molar-refractivity contribution in [3.05, 3.63) is 23.3 Å². The van der Waals surface area contributed by atoms with Crippen molar-refractivity contribution in [1.29, 1.82) is 0 Å². The van der Waals surface area contributed by atoms with Crippen LogP contribution in [0.2, 0.25) is 0 Å². The van der Waals surface area contributed by atoms with Crippen LogP contribution in [-0.4, -0.2) is 55.1 Å². The molecule has 2 aliphatic rings. The van der Waals surface area contributed by atoms with Crippen LogP contribution < -0.4 is 0 Å². The van der Waals surface area contributed by atoms with Crippen LogP contribution in [0, 0.1) is 23.7 Å². The van der Waals surface area contributed by atoms with E-state index in [0.29, 0.717) is 49.7 Å². The maximum Gasteiger partial charge on any atom is 0.303 e. The lowest BCUT2D eigenvalue weighted by molar-refractivity contribution is -0.138. The summed E-state index contributed by atoms with van der Waals surface area (Å²) in [7, 11) is 0. The second-order valence-corrected chi connectivity index (χ2v) is 11.3. The maximum absolute atomic E-state index is 11.9. The maximum atomic E-state index is 11.9. The van der Waals surface area contributed by atoms with Crippen molar-refractivity contribution in [2.75, 3.05) is 0 Å². The van der Waals surface area contributed by atoms with E-state index in [4.69, 9.17) is 10.2 Å². The number of rotatable bonds is 10. The van der Waals surface area contributed by atoms with Gasteiger partial charge in [0.05, 0.1) is 11.2 Å². The van der Waals surface area contributed by atoms with E-state index in [0.717, 1.165) is 0 Å². The van der Waals surface area contributed by atoms with E-state index in [2.05, 4.69) is 0 Å². The molecule has 4 N–H and O–H groups in total. The normalized spacial score (nSPS) is 26.1. The second-order valence-electron chi connectivity index (χ2n) is 11.3. The predicted molar refractivity (Wildman–Crippen MR) is 136 cm³/mol. The Hall–Kier alpha value is -2.32. The molecular weight excluding hydrogens is 464 g/mol. The minimum absolute atomic E-state index is 0.0469. The van der Waals surface area contributed by atoms with Gasteiger partial charge in [0.2, 0.25) is 0 Å². The van der Waals surface area contributed by atoms with Crippen LogP contribution in [0.3, 0.4) is 0 Å². The largest absolute Gasteiger partial charge is 0.481 e. The Morgan fingerprint density at radius 2 is 1.06 bits per heavy atom. The van der Waals surface area contributed by atoms with Crippen LogP contribution in [0.25, 0.3) is 0 Å². The fraction of sp³-hybridized carbons (Fsp3) is 0.714. The molecule has 8 nitrogen and oxygen atoms in total. The first-order valence-electron chi connectivity index (χ1n) is 12.9. The summed E-state index contributed by atoms with van der Waals surface area (Å²) in [6.45, 7) is 11.3. The minimum Gasteiger partial charge on any atom is -0.481 e. The molecule has 0 saturated heterocycles. The van der Waals surface area contributed by atoms with Crippen molar-refractivity contribution in [2.45, 2.75) is 104 Å². The molecule has 0 aromatic carbocycles. The number of carboxylic acids is 2. The smallest absolute Gasteiger partial charge is 0.303 e. The Labute approximate surface area is 214 Å². The molecule has 0 bridgehead atoms. The summed E-state index contributed by atoms with van der Waals surface area (Å²) in [4.78, 5) is 45.2. The van der Waals surface area contributed by atoms with Gasteiger partial charge in [0.15, 0.2) is 11.6 Å². The average Bonchev–Trinajstić information content (AvgIpc) is 2.72. The number of carbonyl (C=O) groups excluding carboxylic acids is 2. The summed E-state index contributed by atoms with van der Waals surface area (Å²) in [5, 5.41) is 37.6. The molecule has 0 aliphatic heterocycles. The van der Waals surface area contributed by atoms with Gasteiger partial charge >= 0.3 is 11.9 Å². The van der Waals surface area contributed by atoms with Gasteiger partial charge in [-0.2, -0.15) is 0 Å². The van der Waals surface area contributed by atoms with E-state index in [1.165, 1.54) is 0 Å². The van der Waals surface area contributed by atoms with Crippen molar-refractivity contribution in [2.24, 2.45) is 23.7 Å². The highest BCUT2D eigenvalue weighted by atomic mass is 16.4. The number of hydrogen-bond donors (Lipinski definition) is 4. The van der Waals surface area contributed by atoms with E-state index >= 15 is 0 Å². The second kappa shape index (κ2) is 13.3. The Morgan fingerprint density at radius 3 is 1.31 bits per heavy atom. The number of aliphatic hydroxyl groups is 2. The van der Waals surface area contributed by atoms with Gasteiger partial charge in [0, 0.05) is 25.7 Å². The zero-order valence-corrected chi connectivity index (χ0v) is 22.5. The molecule has 4 atom stereocenters. The van der Waals surface area contributed by atoms with Crippen LogP contribution in [0.5, 0.6) is 0 Å². The first-order chi connectivity index (χ1) is 16.5. The average molecular weight is 509 g/mol. The minimum atomic E-state index is -0.945. The highest BCUT2D eigenvalue weighted by molar-refractivity contribution is 5.97. The summed E-state index contributed by atoms with van der Waals surface area (Å²) < 4.78 is 0. The van der Waals surface area contributed by atoms with Gasteiger partial charge in [-0.15, -0.1) is 0 Å². The van der Waals surface area contributed by atoms with E-state index in [1.807, 2.05) is 27.7 Å². The van der Waals surface area contributed by atoms with E-state index < -0.39 is 23.1 Å². The molecule has 2 rings (SSSR count). The Bertz CT molecular complexity index is 804. The molecule has 0 amide bonds. The first kappa shape index (κ1) is 31.7. The van der Waals surface area contributed by atoms with Gasteiger partial charge < -0.3 is 20.4 Å². The molecule has 36 heavy (non-hydrogen) atoms. The van der Waals surface area contributed by atoms with Crippen molar-refractivity contribution in [3.63, 3.8) is 0 Å². The number of allylic oxidation sites excluding steroid dienone is 2. The van der Waals surface area contributed by atoms with Gasteiger partial charge in [-0.25, -0.2) is 0 Å². The number of carbonyl (C=O) groups is 4. The molecule has 0 spiro atoms. The van der Waals surface area contributed by atoms with Gasteiger partial charge in [-0.1, -0.05) is 27.7 Å². The molecular formula is C28H44O8. The van der Waals surface area contributed by atoms with Crippen LogP contribution in [0.15, 0.2) is 23.3 Å². The summed E-state index contributed by atoms with van der Waals surface area (Å²) in [6, 6.07) is 0. The number of ketones is 2. The molecule has 0 saturated carbocycles. The van der Waals surface area contributed by atoms with E-state index in [-0.39, 0.29) is 48.1 Å². The van der Waals surface area contributed by atoms with Crippen molar-refractivity contribution in [1.82, 2.24) is 0 Å². The fourth-order valence-electron chi connectivity index (χ4n) is 4.88. The molecule has 0 aromatic rings. The zero-order chi connectivity index (χ0) is 27.8. The van der Waals surface area contributed by atoms with E-state index in [9.17, 15) is 29.4 Å². The van der Waals surface area contributed by atoms with Crippen LogP contribution in [-0.2, 0) is 19.2 Å². The summed E-state index contributed by atoms with van der Waals surface area (Å²) in [6.07, 6.45) is 5.83. The molecule has 0 aromatic heterocycles. The molecule has 2 unspecified atom stereocenters. The van der Waals surface area contributed by atoms with E-state index in [1.54, 1.807) is 26.0 Å². The topological polar surface area (TPSA) is 149 Å². The molecule has 0 fully saturated rings. The number of aliphatic carboxylic acids is 2. The Morgan fingerprint density at radius 1 is 0.750 bits per heavy atom. The zero-order valence-electron chi connectivity index (χ0n) is 22.5. The quantitative estimate of drug-likeness (QED) is 0.341. The molecule has 2 aliphatic carbocycles.